The van der Waals surface area contributed by atoms with Crippen molar-refractivity contribution >= 4 is 11.8 Å². The van der Waals surface area contributed by atoms with Crippen LogP contribution in [0.4, 0.5) is 0 Å². The summed E-state index contributed by atoms with van der Waals surface area (Å²) < 4.78 is 0. The Morgan fingerprint density at radius 1 is 1.35 bits per heavy atom. The summed E-state index contributed by atoms with van der Waals surface area (Å²) in [5, 5.41) is 12.6. The molecule has 1 aliphatic heterocycles. The van der Waals surface area contributed by atoms with Gasteiger partial charge in [-0.05, 0) is 31.0 Å². The van der Waals surface area contributed by atoms with Crippen LogP contribution in [0.25, 0.3) is 0 Å². The summed E-state index contributed by atoms with van der Waals surface area (Å²) in [6.07, 6.45) is 0.610. The predicted molar refractivity (Wildman–Crippen MR) is 75.1 cm³/mol. The van der Waals surface area contributed by atoms with E-state index in [1.165, 1.54) is 6.92 Å². The number of hydrogen-bond donors (Lipinski definition) is 2. The molecule has 0 spiro atoms. The third-order valence-corrected chi connectivity index (χ3v) is 3.48. The molecule has 1 aromatic rings. The lowest BCUT2D eigenvalue weighted by Gasteiger charge is -2.19. The zero-order valence-corrected chi connectivity index (χ0v) is 11.8. The minimum Gasteiger partial charge on any atom is -0.388 e. The Bertz CT molecular complexity index is 508. The van der Waals surface area contributed by atoms with Gasteiger partial charge in [-0.3, -0.25) is 9.59 Å². The van der Waals surface area contributed by atoms with Crippen LogP contribution in [0, 0.1) is 0 Å². The van der Waals surface area contributed by atoms with Crippen LogP contribution in [0.2, 0.25) is 0 Å². The van der Waals surface area contributed by atoms with E-state index >= 15 is 0 Å². The molecule has 0 bridgehead atoms. The van der Waals surface area contributed by atoms with Gasteiger partial charge in [0.1, 0.15) is 0 Å². The molecule has 0 saturated carbocycles. The van der Waals surface area contributed by atoms with Gasteiger partial charge in [-0.1, -0.05) is 12.1 Å². The number of likely N-dealkylation sites (tertiary alicyclic amines) is 1. The van der Waals surface area contributed by atoms with Gasteiger partial charge in [0.25, 0.3) is 5.91 Å². The van der Waals surface area contributed by atoms with E-state index < -0.39 is 5.60 Å². The smallest absolute Gasteiger partial charge is 0.253 e. The zero-order chi connectivity index (χ0) is 14.8. The van der Waals surface area contributed by atoms with E-state index in [9.17, 15) is 14.7 Å². The molecule has 108 valence electrons. The molecule has 1 aliphatic rings. The van der Waals surface area contributed by atoms with Crippen LogP contribution in [0.15, 0.2) is 24.3 Å². The molecular weight excluding hydrogens is 256 g/mol. The number of nitrogens with zero attached hydrogens (tertiary/aromatic N) is 1. The molecule has 0 aromatic heterocycles. The normalized spacial score (nSPS) is 21.9. The van der Waals surface area contributed by atoms with Gasteiger partial charge in [0.2, 0.25) is 5.91 Å². The maximum absolute atomic E-state index is 12.3. The Kier molecular flexibility index (Phi) is 4.09. The highest BCUT2D eigenvalue weighted by molar-refractivity contribution is 5.94. The van der Waals surface area contributed by atoms with Crippen molar-refractivity contribution in [2.75, 3.05) is 13.1 Å². The first kappa shape index (κ1) is 14.5. The fourth-order valence-corrected chi connectivity index (χ4v) is 2.29. The van der Waals surface area contributed by atoms with Gasteiger partial charge in [-0.15, -0.1) is 0 Å². The fourth-order valence-electron chi connectivity index (χ4n) is 2.29. The largest absolute Gasteiger partial charge is 0.388 e. The van der Waals surface area contributed by atoms with Crippen molar-refractivity contribution in [2.45, 2.75) is 32.4 Å². The van der Waals surface area contributed by atoms with E-state index in [0.717, 1.165) is 5.56 Å². The molecular formula is C15H20N2O3. The summed E-state index contributed by atoms with van der Waals surface area (Å²) in [5.74, 6) is -0.140. The Labute approximate surface area is 118 Å². The first-order valence-electron chi connectivity index (χ1n) is 6.72. The number of amides is 2. The van der Waals surface area contributed by atoms with Crippen molar-refractivity contribution in [3.05, 3.63) is 35.4 Å². The number of benzene rings is 1. The van der Waals surface area contributed by atoms with Crippen molar-refractivity contribution in [1.82, 2.24) is 10.2 Å². The lowest BCUT2D eigenvalue weighted by Crippen LogP contribution is -2.33. The number of nitrogens with one attached hydrogen (secondary N) is 1. The molecule has 0 radical (unpaired) electrons. The number of carbonyl (C=O) groups excluding carboxylic acids is 2. The fraction of sp³-hybridized carbons (Fsp3) is 0.467. The van der Waals surface area contributed by atoms with Crippen molar-refractivity contribution < 1.29 is 14.7 Å². The molecule has 0 aliphatic carbocycles. The first-order chi connectivity index (χ1) is 9.37. The quantitative estimate of drug-likeness (QED) is 0.862. The van der Waals surface area contributed by atoms with E-state index in [0.29, 0.717) is 31.6 Å². The summed E-state index contributed by atoms with van der Waals surface area (Å²) in [5.41, 5.74) is 0.778. The van der Waals surface area contributed by atoms with Gasteiger partial charge < -0.3 is 15.3 Å². The third kappa shape index (κ3) is 3.57. The molecule has 1 unspecified atom stereocenters. The number of carbonyl (C=O) groups is 2. The number of hydrogen-bond acceptors (Lipinski definition) is 3. The van der Waals surface area contributed by atoms with E-state index in [2.05, 4.69) is 5.32 Å². The highest BCUT2D eigenvalue weighted by atomic mass is 16.3. The topological polar surface area (TPSA) is 69.6 Å². The monoisotopic (exact) mass is 276 g/mol. The van der Waals surface area contributed by atoms with Crippen molar-refractivity contribution in [2.24, 2.45) is 0 Å². The summed E-state index contributed by atoms with van der Waals surface area (Å²) >= 11 is 0. The third-order valence-electron chi connectivity index (χ3n) is 3.48. The van der Waals surface area contributed by atoms with E-state index in [1.807, 2.05) is 12.1 Å². The minimum atomic E-state index is -0.777. The Balaban J connectivity index is 1.99. The molecule has 20 heavy (non-hydrogen) atoms. The number of rotatable bonds is 3. The van der Waals surface area contributed by atoms with Gasteiger partial charge in [0.15, 0.2) is 0 Å². The lowest BCUT2D eigenvalue weighted by molar-refractivity contribution is -0.119. The Morgan fingerprint density at radius 3 is 2.50 bits per heavy atom. The summed E-state index contributed by atoms with van der Waals surface area (Å²) in [6, 6.07) is 7.17. The molecule has 1 saturated heterocycles. The first-order valence-corrected chi connectivity index (χ1v) is 6.72. The summed E-state index contributed by atoms with van der Waals surface area (Å²) in [4.78, 5) is 24.8. The average molecular weight is 276 g/mol. The number of β-amino-alcohol motifs (C(OH)–C–C–N with tert-alkyl or cyclic N) is 1. The van der Waals surface area contributed by atoms with Crippen LogP contribution >= 0.6 is 0 Å². The highest BCUT2D eigenvalue weighted by Crippen LogP contribution is 2.22. The minimum absolute atomic E-state index is 0.0612. The lowest BCUT2D eigenvalue weighted by atomic mass is 10.1. The van der Waals surface area contributed by atoms with E-state index in [1.54, 1.807) is 24.0 Å². The van der Waals surface area contributed by atoms with Gasteiger partial charge >= 0.3 is 0 Å². The van der Waals surface area contributed by atoms with Crippen LogP contribution in [-0.2, 0) is 11.3 Å². The zero-order valence-electron chi connectivity index (χ0n) is 11.8. The predicted octanol–water partition coefficient (Wildman–Crippen LogP) is 0.920. The Hall–Kier alpha value is -1.88. The van der Waals surface area contributed by atoms with E-state index in [4.69, 9.17) is 0 Å². The number of aliphatic hydroxyl groups is 1. The van der Waals surface area contributed by atoms with Gasteiger partial charge in [-0.2, -0.15) is 0 Å². The van der Waals surface area contributed by atoms with Crippen LogP contribution < -0.4 is 5.32 Å². The van der Waals surface area contributed by atoms with Gasteiger partial charge in [-0.25, -0.2) is 0 Å². The molecule has 1 atom stereocenters. The maximum atomic E-state index is 12.3. The molecule has 5 heteroatoms. The second-order valence-corrected chi connectivity index (χ2v) is 5.58. The van der Waals surface area contributed by atoms with Crippen molar-refractivity contribution in [3.63, 3.8) is 0 Å². The van der Waals surface area contributed by atoms with Gasteiger partial charge in [0, 0.05) is 32.1 Å². The highest BCUT2D eigenvalue weighted by Gasteiger charge is 2.34. The van der Waals surface area contributed by atoms with E-state index in [-0.39, 0.29) is 11.8 Å². The van der Waals surface area contributed by atoms with Crippen LogP contribution in [-0.4, -0.2) is 40.5 Å². The average Bonchev–Trinajstić information content (AvgIpc) is 2.76. The molecule has 5 nitrogen and oxygen atoms in total. The summed E-state index contributed by atoms with van der Waals surface area (Å²) in [6.45, 7) is 4.63. The molecule has 1 heterocycles. The second-order valence-electron chi connectivity index (χ2n) is 5.58. The van der Waals surface area contributed by atoms with Crippen LogP contribution in [0.5, 0.6) is 0 Å². The molecule has 1 fully saturated rings. The van der Waals surface area contributed by atoms with Crippen molar-refractivity contribution in [1.29, 1.82) is 0 Å². The molecule has 2 rings (SSSR count). The Morgan fingerprint density at radius 2 is 2.00 bits per heavy atom. The SMILES string of the molecule is CC(=O)NCc1ccc(C(=O)N2CCC(C)(O)C2)cc1. The molecule has 2 amide bonds. The summed E-state index contributed by atoms with van der Waals surface area (Å²) in [7, 11) is 0. The maximum Gasteiger partial charge on any atom is 0.253 e. The van der Waals surface area contributed by atoms with Crippen LogP contribution in [0.1, 0.15) is 36.2 Å². The molecule has 2 N–H and O–H groups in total. The molecule has 1 aromatic carbocycles. The standard InChI is InChI=1S/C15H20N2O3/c1-11(18)16-9-12-3-5-13(6-4-12)14(19)17-8-7-15(2,20)10-17/h3-6,20H,7-10H2,1-2H3,(H,16,18). The van der Waals surface area contributed by atoms with Gasteiger partial charge in [0.05, 0.1) is 5.60 Å². The van der Waals surface area contributed by atoms with Crippen LogP contribution in [0.3, 0.4) is 0 Å². The second kappa shape index (κ2) is 5.63. The van der Waals surface area contributed by atoms with Crippen molar-refractivity contribution in [3.8, 4) is 0 Å².